The first-order chi connectivity index (χ1) is 10.4. The highest BCUT2D eigenvalue weighted by molar-refractivity contribution is 6.42. The average Bonchev–Trinajstić information content (AvgIpc) is 2.71. The van der Waals surface area contributed by atoms with E-state index < -0.39 is 6.04 Å². The van der Waals surface area contributed by atoms with Crippen molar-refractivity contribution in [3.8, 4) is 0 Å². The third kappa shape index (κ3) is 3.91. The van der Waals surface area contributed by atoms with E-state index >= 15 is 0 Å². The number of carbonyl (C=O) groups is 2. The smallest absolute Gasteiger partial charge is 0.325 e. The van der Waals surface area contributed by atoms with Crippen LogP contribution in [0.3, 0.4) is 0 Å². The molecule has 1 aromatic carbocycles. The van der Waals surface area contributed by atoms with Gasteiger partial charge in [-0.1, -0.05) is 42.6 Å². The number of rotatable bonds is 6. The molecular weight excluding hydrogens is 325 g/mol. The molecular formula is C15H19Cl2N3O2. The van der Waals surface area contributed by atoms with Crippen LogP contribution in [-0.2, 0) is 11.3 Å². The van der Waals surface area contributed by atoms with Gasteiger partial charge in [-0.15, -0.1) is 0 Å². The maximum atomic E-state index is 12.2. The Morgan fingerprint density at radius 1 is 1.27 bits per heavy atom. The van der Waals surface area contributed by atoms with E-state index in [9.17, 15) is 9.59 Å². The standard InChI is InChI=1S/C15H19Cl2N3O2/c1-3-4-13-14(21)20(15(22)18-13)9-19(2)8-10-5-6-11(16)12(17)7-10/h5-7,13H,3-4,8-9H2,1-2H3,(H,18,22)/t13-/m0/s1. The zero-order chi connectivity index (χ0) is 16.3. The molecule has 1 aliphatic rings. The number of benzene rings is 1. The van der Waals surface area contributed by atoms with Crippen molar-refractivity contribution in [3.05, 3.63) is 33.8 Å². The van der Waals surface area contributed by atoms with Gasteiger partial charge in [-0.05, 0) is 31.2 Å². The highest BCUT2D eigenvalue weighted by Gasteiger charge is 2.37. The molecule has 0 radical (unpaired) electrons. The molecule has 120 valence electrons. The molecule has 0 saturated carbocycles. The predicted octanol–water partition coefficient (Wildman–Crippen LogP) is 3.10. The van der Waals surface area contributed by atoms with Gasteiger partial charge in [-0.3, -0.25) is 9.69 Å². The molecule has 1 aliphatic heterocycles. The molecule has 5 nitrogen and oxygen atoms in total. The lowest BCUT2D eigenvalue weighted by molar-refractivity contribution is -0.129. The molecule has 1 heterocycles. The number of urea groups is 1. The van der Waals surface area contributed by atoms with E-state index in [0.29, 0.717) is 23.0 Å². The van der Waals surface area contributed by atoms with Gasteiger partial charge in [0.1, 0.15) is 6.04 Å². The van der Waals surface area contributed by atoms with Crippen LogP contribution in [-0.4, -0.2) is 41.5 Å². The van der Waals surface area contributed by atoms with E-state index in [2.05, 4.69) is 5.32 Å². The summed E-state index contributed by atoms with van der Waals surface area (Å²) in [5.74, 6) is -0.159. The lowest BCUT2D eigenvalue weighted by atomic mass is 10.2. The minimum atomic E-state index is -0.393. The molecule has 0 bridgehead atoms. The van der Waals surface area contributed by atoms with Crippen LogP contribution in [0.15, 0.2) is 18.2 Å². The van der Waals surface area contributed by atoms with Crippen molar-refractivity contribution in [2.45, 2.75) is 32.4 Å². The van der Waals surface area contributed by atoms with Crippen LogP contribution in [0, 0.1) is 0 Å². The maximum absolute atomic E-state index is 12.2. The number of nitrogens with one attached hydrogen (secondary N) is 1. The van der Waals surface area contributed by atoms with E-state index in [-0.39, 0.29) is 18.6 Å². The van der Waals surface area contributed by atoms with Gasteiger partial charge in [0, 0.05) is 6.54 Å². The predicted molar refractivity (Wildman–Crippen MR) is 86.9 cm³/mol. The fraction of sp³-hybridized carbons (Fsp3) is 0.467. The highest BCUT2D eigenvalue weighted by atomic mass is 35.5. The summed E-state index contributed by atoms with van der Waals surface area (Å²) in [5.41, 5.74) is 0.967. The first-order valence-electron chi connectivity index (χ1n) is 7.16. The van der Waals surface area contributed by atoms with E-state index in [4.69, 9.17) is 23.2 Å². The number of imide groups is 1. The van der Waals surface area contributed by atoms with Crippen molar-refractivity contribution in [2.75, 3.05) is 13.7 Å². The quantitative estimate of drug-likeness (QED) is 0.807. The fourth-order valence-electron chi connectivity index (χ4n) is 2.44. The van der Waals surface area contributed by atoms with Crippen LogP contribution in [0.1, 0.15) is 25.3 Å². The Hall–Kier alpha value is -1.30. The third-order valence-corrected chi connectivity index (χ3v) is 4.24. The monoisotopic (exact) mass is 343 g/mol. The van der Waals surface area contributed by atoms with Gasteiger partial charge in [-0.2, -0.15) is 0 Å². The van der Waals surface area contributed by atoms with Gasteiger partial charge >= 0.3 is 6.03 Å². The second-order valence-corrected chi connectivity index (χ2v) is 6.28. The summed E-state index contributed by atoms with van der Waals surface area (Å²) >= 11 is 11.9. The van der Waals surface area contributed by atoms with Crippen molar-refractivity contribution in [2.24, 2.45) is 0 Å². The van der Waals surface area contributed by atoms with Gasteiger partial charge < -0.3 is 5.32 Å². The van der Waals surface area contributed by atoms with Crippen molar-refractivity contribution < 1.29 is 9.59 Å². The molecule has 3 amide bonds. The molecule has 0 aliphatic carbocycles. The second kappa shape index (κ2) is 7.31. The normalized spacial score (nSPS) is 18.2. The SMILES string of the molecule is CCC[C@@H]1NC(=O)N(CN(C)Cc2ccc(Cl)c(Cl)c2)C1=O. The minimum Gasteiger partial charge on any atom is -0.326 e. The largest absolute Gasteiger partial charge is 0.326 e. The molecule has 1 fully saturated rings. The third-order valence-electron chi connectivity index (χ3n) is 3.50. The van der Waals surface area contributed by atoms with Crippen molar-refractivity contribution >= 4 is 35.1 Å². The molecule has 0 unspecified atom stereocenters. The van der Waals surface area contributed by atoms with E-state index in [1.54, 1.807) is 12.1 Å². The summed E-state index contributed by atoms with van der Waals surface area (Å²) in [6.07, 6.45) is 1.52. The lowest BCUT2D eigenvalue weighted by Crippen LogP contribution is -2.40. The first kappa shape index (κ1) is 17.1. The molecule has 1 atom stereocenters. The summed E-state index contributed by atoms with van der Waals surface area (Å²) in [6.45, 7) is 2.79. The van der Waals surface area contributed by atoms with Crippen LogP contribution in [0.25, 0.3) is 0 Å². The number of nitrogens with zero attached hydrogens (tertiary/aromatic N) is 2. The Balaban J connectivity index is 1.96. The number of hydrogen-bond donors (Lipinski definition) is 1. The van der Waals surface area contributed by atoms with Crippen LogP contribution in [0.4, 0.5) is 4.79 Å². The maximum Gasteiger partial charge on any atom is 0.325 e. The molecule has 1 N–H and O–H groups in total. The van der Waals surface area contributed by atoms with Crippen LogP contribution in [0.2, 0.25) is 10.0 Å². The van der Waals surface area contributed by atoms with Crippen LogP contribution in [0.5, 0.6) is 0 Å². The van der Waals surface area contributed by atoms with E-state index in [0.717, 1.165) is 12.0 Å². The van der Waals surface area contributed by atoms with E-state index in [1.807, 2.05) is 24.9 Å². The Kier molecular flexibility index (Phi) is 5.67. The molecule has 0 spiro atoms. The highest BCUT2D eigenvalue weighted by Crippen LogP contribution is 2.23. The summed E-state index contributed by atoms with van der Waals surface area (Å²) < 4.78 is 0. The summed E-state index contributed by atoms with van der Waals surface area (Å²) in [6, 6.07) is 4.67. The Morgan fingerprint density at radius 3 is 2.64 bits per heavy atom. The van der Waals surface area contributed by atoms with Crippen molar-refractivity contribution in [3.63, 3.8) is 0 Å². The average molecular weight is 344 g/mol. The Bertz CT molecular complexity index is 580. The number of hydrogen-bond acceptors (Lipinski definition) is 3. The molecule has 0 aromatic heterocycles. The van der Waals surface area contributed by atoms with Gasteiger partial charge in [0.15, 0.2) is 0 Å². The summed E-state index contributed by atoms with van der Waals surface area (Å²) in [4.78, 5) is 27.2. The Morgan fingerprint density at radius 2 is 2.00 bits per heavy atom. The number of halogens is 2. The molecule has 1 saturated heterocycles. The molecule has 7 heteroatoms. The zero-order valence-corrected chi connectivity index (χ0v) is 14.1. The first-order valence-corrected chi connectivity index (χ1v) is 7.92. The summed E-state index contributed by atoms with van der Waals surface area (Å²) in [7, 11) is 1.84. The molecule has 2 rings (SSSR count). The van der Waals surface area contributed by atoms with Crippen LogP contribution < -0.4 is 5.32 Å². The van der Waals surface area contributed by atoms with Gasteiger partial charge in [0.05, 0.1) is 16.7 Å². The van der Waals surface area contributed by atoms with Gasteiger partial charge in [0.2, 0.25) is 0 Å². The second-order valence-electron chi connectivity index (χ2n) is 5.46. The molecule has 1 aromatic rings. The minimum absolute atomic E-state index is 0.159. The van der Waals surface area contributed by atoms with Gasteiger partial charge in [-0.25, -0.2) is 9.69 Å². The van der Waals surface area contributed by atoms with Crippen LogP contribution >= 0.6 is 23.2 Å². The van der Waals surface area contributed by atoms with Gasteiger partial charge in [0.25, 0.3) is 5.91 Å². The van der Waals surface area contributed by atoms with Crippen molar-refractivity contribution in [1.29, 1.82) is 0 Å². The topological polar surface area (TPSA) is 52.7 Å². The molecule has 22 heavy (non-hydrogen) atoms. The Labute approximate surface area is 140 Å². The summed E-state index contributed by atoms with van der Waals surface area (Å²) in [5, 5.41) is 3.71. The van der Waals surface area contributed by atoms with E-state index in [1.165, 1.54) is 4.90 Å². The number of amides is 3. The zero-order valence-electron chi connectivity index (χ0n) is 12.6. The number of carbonyl (C=O) groups excluding carboxylic acids is 2. The lowest BCUT2D eigenvalue weighted by Gasteiger charge is -2.22. The van der Waals surface area contributed by atoms with Crippen molar-refractivity contribution in [1.82, 2.24) is 15.1 Å². The fourth-order valence-corrected chi connectivity index (χ4v) is 2.76.